The van der Waals surface area contributed by atoms with E-state index in [1.165, 1.54) is 12.5 Å². The number of hydrogen-bond donors (Lipinski definition) is 2. The van der Waals surface area contributed by atoms with E-state index in [-0.39, 0.29) is 35.9 Å². The van der Waals surface area contributed by atoms with E-state index in [1.807, 2.05) is 24.3 Å². The fraction of sp³-hybridized carbons (Fsp3) is 0.318. The molecule has 0 fully saturated rings. The Hall–Kier alpha value is -2.95. The van der Waals surface area contributed by atoms with E-state index in [9.17, 15) is 14.4 Å². The first kappa shape index (κ1) is 20.4. The molecule has 142 valence electrons. The van der Waals surface area contributed by atoms with Crippen LogP contribution < -0.4 is 10.6 Å². The maximum Gasteiger partial charge on any atom is 0.224 e. The number of hydrogen-bond acceptors (Lipinski definition) is 3. The first-order chi connectivity index (χ1) is 12.6. The van der Waals surface area contributed by atoms with Crippen molar-refractivity contribution in [3.8, 4) is 0 Å². The highest BCUT2D eigenvalue weighted by atomic mass is 16.2. The molecule has 2 rings (SSSR count). The monoisotopic (exact) mass is 366 g/mol. The van der Waals surface area contributed by atoms with Gasteiger partial charge in [0.1, 0.15) is 0 Å². The van der Waals surface area contributed by atoms with Gasteiger partial charge in [0.15, 0.2) is 5.78 Å². The van der Waals surface area contributed by atoms with E-state index < -0.39 is 0 Å². The highest BCUT2D eigenvalue weighted by Gasteiger charge is 2.15. The van der Waals surface area contributed by atoms with Crippen molar-refractivity contribution in [3.05, 3.63) is 59.7 Å². The molecule has 0 radical (unpaired) electrons. The number of benzene rings is 2. The van der Waals surface area contributed by atoms with Gasteiger partial charge in [0.05, 0.1) is 0 Å². The molecule has 0 heterocycles. The standard InChI is InChI=1S/C22H26N2O3/c1-15(25)23-18-9-11-19(12-10-18)24-21(27)14-13-20(26)16-5-7-17(8-6-16)22(2,3)4/h5-12H,13-14H2,1-4H3,(H,23,25)(H,24,27). The Morgan fingerprint density at radius 1 is 0.778 bits per heavy atom. The fourth-order valence-electron chi connectivity index (χ4n) is 2.59. The summed E-state index contributed by atoms with van der Waals surface area (Å²) in [7, 11) is 0. The third-order valence-electron chi connectivity index (χ3n) is 4.14. The van der Waals surface area contributed by atoms with Crippen LogP contribution >= 0.6 is 0 Å². The highest BCUT2D eigenvalue weighted by molar-refractivity contribution is 6.00. The highest BCUT2D eigenvalue weighted by Crippen LogP contribution is 2.22. The summed E-state index contributed by atoms with van der Waals surface area (Å²) in [4.78, 5) is 35.3. The summed E-state index contributed by atoms with van der Waals surface area (Å²) < 4.78 is 0. The van der Waals surface area contributed by atoms with Crippen LogP contribution in [0.5, 0.6) is 0 Å². The maximum absolute atomic E-state index is 12.3. The van der Waals surface area contributed by atoms with Crippen LogP contribution in [0.25, 0.3) is 0 Å². The van der Waals surface area contributed by atoms with Crippen LogP contribution in [-0.4, -0.2) is 17.6 Å². The molecule has 27 heavy (non-hydrogen) atoms. The molecule has 0 aliphatic heterocycles. The van der Waals surface area contributed by atoms with Gasteiger partial charge in [-0.15, -0.1) is 0 Å². The summed E-state index contributed by atoms with van der Waals surface area (Å²) >= 11 is 0. The van der Waals surface area contributed by atoms with E-state index in [0.29, 0.717) is 16.9 Å². The van der Waals surface area contributed by atoms with Crippen LogP contribution in [0.15, 0.2) is 48.5 Å². The van der Waals surface area contributed by atoms with Gasteiger partial charge in [-0.25, -0.2) is 0 Å². The number of nitrogens with one attached hydrogen (secondary N) is 2. The topological polar surface area (TPSA) is 75.3 Å². The molecule has 2 aromatic rings. The molecule has 5 nitrogen and oxygen atoms in total. The van der Waals surface area contributed by atoms with Gasteiger partial charge in [-0.3, -0.25) is 14.4 Å². The smallest absolute Gasteiger partial charge is 0.224 e. The number of carbonyl (C=O) groups excluding carboxylic acids is 3. The maximum atomic E-state index is 12.3. The molecule has 5 heteroatoms. The predicted octanol–water partition coefficient (Wildman–Crippen LogP) is 4.54. The second-order valence-electron chi connectivity index (χ2n) is 7.56. The summed E-state index contributed by atoms with van der Waals surface area (Å²) in [5.74, 6) is -0.422. The number of Topliss-reactive ketones (excluding diaryl/α,β-unsaturated/α-hetero) is 1. The third kappa shape index (κ3) is 6.37. The van der Waals surface area contributed by atoms with Crippen molar-refractivity contribution in [2.45, 2.75) is 46.0 Å². The number of ketones is 1. The van der Waals surface area contributed by atoms with Crippen LogP contribution in [0, 0.1) is 0 Å². The summed E-state index contributed by atoms with van der Waals surface area (Å²) in [6, 6.07) is 14.4. The van der Waals surface area contributed by atoms with E-state index in [0.717, 1.165) is 0 Å². The van der Waals surface area contributed by atoms with Crippen molar-refractivity contribution in [2.24, 2.45) is 0 Å². The number of anilines is 2. The molecule has 0 aliphatic carbocycles. The minimum absolute atomic E-state index is 0.0386. The molecule has 2 aromatic carbocycles. The molecule has 0 bridgehead atoms. The molecule has 0 saturated carbocycles. The SMILES string of the molecule is CC(=O)Nc1ccc(NC(=O)CCC(=O)c2ccc(C(C)(C)C)cc2)cc1. The normalized spacial score (nSPS) is 11.0. The molecular weight excluding hydrogens is 340 g/mol. The Labute approximate surface area is 160 Å². The van der Waals surface area contributed by atoms with Crippen molar-refractivity contribution in [1.82, 2.24) is 0 Å². The van der Waals surface area contributed by atoms with Crippen molar-refractivity contribution in [3.63, 3.8) is 0 Å². The van der Waals surface area contributed by atoms with E-state index in [4.69, 9.17) is 0 Å². The lowest BCUT2D eigenvalue weighted by molar-refractivity contribution is -0.116. The Morgan fingerprint density at radius 2 is 1.30 bits per heavy atom. The average molecular weight is 366 g/mol. The second-order valence-corrected chi connectivity index (χ2v) is 7.56. The molecule has 0 spiro atoms. The first-order valence-electron chi connectivity index (χ1n) is 8.96. The zero-order valence-corrected chi connectivity index (χ0v) is 16.3. The van der Waals surface area contributed by atoms with Crippen LogP contribution in [0.3, 0.4) is 0 Å². The van der Waals surface area contributed by atoms with Gasteiger partial charge in [0, 0.05) is 36.7 Å². The molecule has 2 amide bonds. The Balaban J connectivity index is 1.86. The molecule has 0 unspecified atom stereocenters. The lowest BCUT2D eigenvalue weighted by atomic mass is 9.86. The predicted molar refractivity (Wildman–Crippen MR) is 108 cm³/mol. The van der Waals surface area contributed by atoms with Crippen molar-refractivity contribution >= 4 is 29.0 Å². The third-order valence-corrected chi connectivity index (χ3v) is 4.14. The number of carbonyl (C=O) groups is 3. The minimum atomic E-state index is -0.220. The summed E-state index contributed by atoms with van der Waals surface area (Å²) in [6.45, 7) is 7.80. The zero-order chi connectivity index (χ0) is 20.0. The van der Waals surface area contributed by atoms with Crippen LogP contribution in [0.2, 0.25) is 0 Å². The number of rotatable bonds is 6. The van der Waals surface area contributed by atoms with Gasteiger partial charge in [-0.2, -0.15) is 0 Å². The number of amides is 2. The van der Waals surface area contributed by atoms with Crippen molar-refractivity contribution in [1.29, 1.82) is 0 Å². The fourth-order valence-corrected chi connectivity index (χ4v) is 2.59. The van der Waals surface area contributed by atoms with Crippen LogP contribution in [0.4, 0.5) is 11.4 Å². The zero-order valence-electron chi connectivity index (χ0n) is 16.3. The Bertz CT molecular complexity index is 816. The van der Waals surface area contributed by atoms with E-state index >= 15 is 0 Å². The summed E-state index contributed by atoms with van der Waals surface area (Å²) in [6.07, 6.45) is 0.276. The Kier molecular flexibility index (Phi) is 6.50. The van der Waals surface area contributed by atoms with Crippen molar-refractivity contribution in [2.75, 3.05) is 10.6 Å². The summed E-state index contributed by atoms with van der Waals surface area (Å²) in [5, 5.41) is 5.41. The summed E-state index contributed by atoms with van der Waals surface area (Å²) in [5.41, 5.74) is 3.11. The molecule has 0 saturated heterocycles. The Morgan fingerprint density at radius 3 is 1.78 bits per heavy atom. The molecular formula is C22H26N2O3. The van der Waals surface area contributed by atoms with Gasteiger partial charge < -0.3 is 10.6 Å². The van der Waals surface area contributed by atoms with Gasteiger partial charge >= 0.3 is 0 Å². The van der Waals surface area contributed by atoms with Gasteiger partial charge in [0.2, 0.25) is 11.8 Å². The first-order valence-corrected chi connectivity index (χ1v) is 8.96. The van der Waals surface area contributed by atoms with E-state index in [2.05, 4.69) is 31.4 Å². The average Bonchev–Trinajstić information content (AvgIpc) is 2.60. The lowest BCUT2D eigenvalue weighted by Crippen LogP contribution is -2.14. The molecule has 2 N–H and O–H groups in total. The second kappa shape index (κ2) is 8.62. The lowest BCUT2D eigenvalue weighted by Gasteiger charge is -2.18. The van der Waals surface area contributed by atoms with Crippen LogP contribution in [0.1, 0.15) is 56.5 Å². The largest absolute Gasteiger partial charge is 0.326 e. The van der Waals surface area contributed by atoms with Gasteiger partial charge in [0.25, 0.3) is 0 Å². The molecule has 0 aromatic heterocycles. The van der Waals surface area contributed by atoms with E-state index in [1.54, 1.807) is 24.3 Å². The van der Waals surface area contributed by atoms with Crippen molar-refractivity contribution < 1.29 is 14.4 Å². The minimum Gasteiger partial charge on any atom is -0.326 e. The van der Waals surface area contributed by atoms with Gasteiger partial charge in [-0.05, 0) is 35.2 Å². The molecule has 0 atom stereocenters. The molecule has 0 aliphatic rings. The van der Waals surface area contributed by atoms with Crippen LogP contribution in [-0.2, 0) is 15.0 Å². The quantitative estimate of drug-likeness (QED) is 0.737. The van der Waals surface area contributed by atoms with Gasteiger partial charge in [-0.1, -0.05) is 45.0 Å².